The SMILES string of the molecule is C1=NCCN1c1occ2ccccc12. The molecule has 1 aliphatic rings. The largest absolute Gasteiger partial charge is 0.447 e. The molecule has 0 fully saturated rings. The molecular formula is C11H10N2O. The molecule has 0 saturated carbocycles. The van der Waals surface area contributed by atoms with Gasteiger partial charge in [0, 0.05) is 17.3 Å². The summed E-state index contributed by atoms with van der Waals surface area (Å²) in [7, 11) is 0. The maximum atomic E-state index is 5.53. The molecule has 0 spiro atoms. The second-order valence-electron chi connectivity index (χ2n) is 3.34. The summed E-state index contributed by atoms with van der Waals surface area (Å²) in [6, 6.07) is 8.16. The van der Waals surface area contributed by atoms with Crippen molar-refractivity contribution in [3.63, 3.8) is 0 Å². The van der Waals surface area contributed by atoms with Gasteiger partial charge in [0.2, 0.25) is 5.88 Å². The second-order valence-corrected chi connectivity index (χ2v) is 3.34. The number of aliphatic imine (C=N–C) groups is 1. The van der Waals surface area contributed by atoms with Gasteiger partial charge in [-0.3, -0.25) is 4.99 Å². The number of fused-ring (bicyclic) bond motifs is 1. The van der Waals surface area contributed by atoms with Gasteiger partial charge in [-0.25, -0.2) is 0 Å². The van der Waals surface area contributed by atoms with E-state index in [4.69, 9.17) is 4.42 Å². The van der Waals surface area contributed by atoms with Crippen molar-refractivity contribution in [2.24, 2.45) is 4.99 Å². The highest BCUT2D eigenvalue weighted by Crippen LogP contribution is 2.28. The van der Waals surface area contributed by atoms with Crippen LogP contribution in [0.3, 0.4) is 0 Å². The minimum atomic E-state index is 0.856. The van der Waals surface area contributed by atoms with Gasteiger partial charge in [0.05, 0.1) is 12.9 Å². The van der Waals surface area contributed by atoms with Gasteiger partial charge in [-0.2, -0.15) is 0 Å². The second kappa shape index (κ2) is 2.87. The third-order valence-corrected chi connectivity index (χ3v) is 2.44. The molecule has 0 unspecified atom stereocenters. The van der Waals surface area contributed by atoms with Crippen LogP contribution in [0.1, 0.15) is 0 Å². The van der Waals surface area contributed by atoms with Gasteiger partial charge in [-0.15, -0.1) is 0 Å². The van der Waals surface area contributed by atoms with Crippen molar-refractivity contribution < 1.29 is 4.42 Å². The van der Waals surface area contributed by atoms with Crippen molar-refractivity contribution in [1.29, 1.82) is 0 Å². The first kappa shape index (κ1) is 7.62. The predicted octanol–water partition coefficient (Wildman–Crippen LogP) is 2.28. The number of furan rings is 1. The van der Waals surface area contributed by atoms with E-state index < -0.39 is 0 Å². The number of anilines is 1. The van der Waals surface area contributed by atoms with Gasteiger partial charge >= 0.3 is 0 Å². The molecule has 0 aliphatic carbocycles. The third kappa shape index (κ3) is 1.02. The summed E-state index contributed by atoms with van der Waals surface area (Å²) >= 11 is 0. The Morgan fingerprint density at radius 2 is 2.21 bits per heavy atom. The van der Waals surface area contributed by atoms with Crippen LogP contribution >= 0.6 is 0 Å². The van der Waals surface area contributed by atoms with Crippen LogP contribution < -0.4 is 4.90 Å². The van der Waals surface area contributed by atoms with Crippen LogP contribution in [0.4, 0.5) is 5.88 Å². The van der Waals surface area contributed by atoms with Crippen LogP contribution in [0, 0.1) is 0 Å². The van der Waals surface area contributed by atoms with Gasteiger partial charge in [-0.1, -0.05) is 18.2 Å². The lowest BCUT2D eigenvalue weighted by molar-refractivity contribution is 0.574. The molecule has 0 atom stereocenters. The standard InChI is InChI=1S/C11H10N2O/c1-2-4-10-9(3-1)7-14-11(10)13-6-5-12-8-13/h1-4,7-8H,5-6H2. The van der Waals surface area contributed by atoms with Gasteiger partial charge in [0.25, 0.3) is 0 Å². The van der Waals surface area contributed by atoms with Gasteiger partial charge in [-0.05, 0) is 6.07 Å². The van der Waals surface area contributed by atoms with Crippen molar-refractivity contribution in [2.75, 3.05) is 18.0 Å². The molecule has 14 heavy (non-hydrogen) atoms. The van der Waals surface area contributed by atoms with E-state index in [9.17, 15) is 0 Å². The van der Waals surface area contributed by atoms with Crippen molar-refractivity contribution in [3.05, 3.63) is 30.5 Å². The van der Waals surface area contributed by atoms with Gasteiger partial charge in [0.1, 0.15) is 6.26 Å². The van der Waals surface area contributed by atoms with E-state index in [1.807, 2.05) is 23.4 Å². The quantitative estimate of drug-likeness (QED) is 0.683. The molecule has 3 heteroatoms. The smallest absolute Gasteiger partial charge is 0.208 e. The number of hydrogen-bond donors (Lipinski definition) is 0. The summed E-state index contributed by atoms with van der Waals surface area (Å²) in [6.45, 7) is 1.77. The van der Waals surface area contributed by atoms with Crippen LogP contribution in [0.15, 0.2) is 39.9 Å². The molecular weight excluding hydrogens is 176 g/mol. The Balaban J connectivity index is 2.16. The van der Waals surface area contributed by atoms with Crippen molar-refractivity contribution in [2.45, 2.75) is 0 Å². The zero-order valence-corrected chi connectivity index (χ0v) is 7.68. The topological polar surface area (TPSA) is 28.7 Å². The maximum Gasteiger partial charge on any atom is 0.208 e. The highest BCUT2D eigenvalue weighted by molar-refractivity contribution is 5.97. The van der Waals surface area contributed by atoms with E-state index in [-0.39, 0.29) is 0 Å². The van der Waals surface area contributed by atoms with Crippen LogP contribution in [-0.2, 0) is 0 Å². The number of benzene rings is 1. The van der Waals surface area contributed by atoms with E-state index >= 15 is 0 Å². The lowest BCUT2D eigenvalue weighted by atomic mass is 10.2. The molecule has 1 aromatic carbocycles. The normalized spacial score (nSPS) is 15.6. The van der Waals surface area contributed by atoms with Crippen molar-refractivity contribution in [3.8, 4) is 0 Å². The van der Waals surface area contributed by atoms with Crippen molar-refractivity contribution in [1.82, 2.24) is 0 Å². The summed E-state index contributed by atoms with van der Waals surface area (Å²) in [6.07, 6.45) is 3.63. The van der Waals surface area contributed by atoms with Crippen LogP contribution in [0.2, 0.25) is 0 Å². The number of nitrogens with zero attached hydrogens (tertiary/aromatic N) is 2. The Kier molecular flexibility index (Phi) is 1.56. The molecule has 1 aromatic heterocycles. The Bertz CT molecular complexity index is 487. The van der Waals surface area contributed by atoms with E-state index in [0.717, 1.165) is 29.7 Å². The van der Waals surface area contributed by atoms with E-state index in [1.165, 1.54) is 0 Å². The van der Waals surface area contributed by atoms with Crippen LogP contribution in [0.25, 0.3) is 10.8 Å². The Hall–Kier alpha value is -1.77. The molecule has 2 aromatic rings. The average Bonchev–Trinajstić information content (AvgIpc) is 2.85. The summed E-state index contributed by atoms with van der Waals surface area (Å²) in [5.41, 5.74) is 0. The average molecular weight is 186 g/mol. The fourth-order valence-corrected chi connectivity index (χ4v) is 1.73. The molecule has 3 rings (SSSR count). The molecule has 70 valence electrons. The third-order valence-electron chi connectivity index (χ3n) is 2.44. The fraction of sp³-hybridized carbons (Fsp3) is 0.182. The first-order valence-electron chi connectivity index (χ1n) is 4.68. The summed E-state index contributed by atoms with van der Waals surface area (Å²) in [5, 5.41) is 2.30. The van der Waals surface area contributed by atoms with E-state index in [2.05, 4.69) is 17.1 Å². The molecule has 0 bridgehead atoms. The Morgan fingerprint density at radius 1 is 1.29 bits per heavy atom. The molecule has 0 saturated heterocycles. The van der Waals surface area contributed by atoms with E-state index in [0.29, 0.717) is 0 Å². The Morgan fingerprint density at radius 3 is 3.07 bits per heavy atom. The fourth-order valence-electron chi connectivity index (χ4n) is 1.73. The monoisotopic (exact) mass is 186 g/mol. The first-order valence-corrected chi connectivity index (χ1v) is 4.68. The highest BCUT2D eigenvalue weighted by atomic mass is 16.3. The van der Waals surface area contributed by atoms with Crippen LogP contribution in [-0.4, -0.2) is 19.4 Å². The first-order chi connectivity index (χ1) is 6.95. The molecule has 3 nitrogen and oxygen atoms in total. The summed E-state index contributed by atoms with van der Waals surface area (Å²) < 4.78 is 5.53. The van der Waals surface area contributed by atoms with Crippen LogP contribution in [0.5, 0.6) is 0 Å². The van der Waals surface area contributed by atoms with Gasteiger partial charge < -0.3 is 9.32 Å². The maximum absolute atomic E-state index is 5.53. The number of rotatable bonds is 1. The number of hydrogen-bond acceptors (Lipinski definition) is 3. The van der Waals surface area contributed by atoms with E-state index in [1.54, 1.807) is 6.26 Å². The molecule has 0 N–H and O–H groups in total. The molecule has 0 radical (unpaired) electrons. The zero-order valence-electron chi connectivity index (χ0n) is 7.68. The minimum absolute atomic E-state index is 0.856. The predicted molar refractivity (Wildman–Crippen MR) is 56.9 cm³/mol. The Labute approximate surface area is 81.7 Å². The van der Waals surface area contributed by atoms with Gasteiger partial charge in [0.15, 0.2) is 0 Å². The molecule has 0 amide bonds. The molecule has 2 heterocycles. The lowest BCUT2D eigenvalue weighted by Gasteiger charge is -2.09. The highest BCUT2D eigenvalue weighted by Gasteiger charge is 2.14. The van der Waals surface area contributed by atoms with Crippen molar-refractivity contribution >= 4 is 23.0 Å². The molecule has 1 aliphatic heterocycles. The lowest BCUT2D eigenvalue weighted by Crippen LogP contribution is -2.17. The summed E-state index contributed by atoms with van der Waals surface area (Å²) in [5.74, 6) is 0.904. The zero-order chi connectivity index (χ0) is 9.38. The summed E-state index contributed by atoms with van der Waals surface area (Å²) in [4.78, 5) is 6.21. The minimum Gasteiger partial charge on any atom is -0.447 e.